The first-order chi connectivity index (χ1) is 8.16. The SMILES string of the molecule is CC1=NC(C)C(C)=C2CC(N3CCOC3)CN12. The van der Waals surface area contributed by atoms with Gasteiger partial charge in [-0.3, -0.25) is 9.89 Å². The summed E-state index contributed by atoms with van der Waals surface area (Å²) in [5.41, 5.74) is 2.94. The van der Waals surface area contributed by atoms with Crippen molar-refractivity contribution in [1.29, 1.82) is 0 Å². The quantitative estimate of drug-likeness (QED) is 0.688. The number of nitrogens with zero attached hydrogens (tertiary/aromatic N) is 3. The summed E-state index contributed by atoms with van der Waals surface area (Å²) in [4.78, 5) is 9.56. The fourth-order valence-electron chi connectivity index (χ4n) is 3.07. The molecule has 3 aliphatic heterocycles. The summed E-state index contributed by atoms with van der Waals surface area (Å²) in [7, 11) is 0. The minimum absolute atomic E-state index is 0.356. The molecule has 94 valence electrons. The van der Waals surface area contributed by atoms with Gasteiger partial charge in [0.15, 0.2) is 0 Å². The van der Waals surface area contributed by atoms with Crippen LogP contribution in [0.25, 0.3) is 0 Å². The molecule has 4 heteroatoms. The van der Waals surface area contributed by atoms with Crippen LogP contribution in [0.3, 0.4) is 0 Å². The third kappa shape index (κ3) is 1.79. The Bertz CT molecular complexity index is 382. The number of hydrogen-bond acceptors (Lipinski definition) is 4. The molecule has 0 radical (unpaired) electrons. The Morgan fingerprint density at radius 2 is 2.18 bits per heavy atom. The maximum atomic E-state index is 5.46. The van der Waals surface area contributed by atoms with Crippen LogP contribution < -0.4 is 0 Å². The summed E-state index contributed by atoms with van der Waals surface area (Å²) in [6.45, 7) is 10.4. The first-order valence-electron chi connectivity index (χ1n) is 6.50. The van der Waals surface area contributed by atoms with Crippen molar-refractivity contribution in [3.8, 4) is 0 Å². The number of hydrogen-bond donors (Lipinski definition) is 0. The van der Waals surface area contributed by atoms with Gasteiger partial charge in [0, 0.05) is 31.2 Å². The van der Waals surface area contributed by atoms with Gasteiger partial charge in [-0.2, -0.15) is 0 Å². The fourth-order valence-corrected chi connectivity index (χ4v) is 3.07. The van der Waals surface area contributed by atoms with Gasteiger partial charge in [0.1, 0.15) is 5.84 Å². The summed E-state index contributed by atoms with van der Waals surface area (Å²) in [5, 5.41) is 0. The standard InChI is InChI=1S/C13H21N3O/c1-9-10(2)14-11(3)16-7-12(6-13(9)16)15-4-5-17-8-15/h10,12H,4-8H2,1-3H3. The molecule has 0 amide bonds. The molecule has 3 aliphatic rings. The Morgan fingerprint density at radius 1 is 1.35 bits per heavy atom. The van der Waals surface area contributed by atoms with Crippen LogP contribution >= 0.6 is 0 Å². The molecule has 4 nitrogen and oxygen atoms in total. The van der Waals surface area contributed by atoms with Crippen LogP contribution in [0, 0.1) is 0 Å². The van der Waals surface area contributed by atoms with Crippen molar-refractivity contribution in [1.82, 2.24) is 9.80 Å². The molecule has 2 saturated heterocycles. The molecule has 2 atom stereocenters. The van der Waals surface area contributed by atoms with Gasteiger partial charge >= 0.3 is 0 Å². The fraction of sp³-hybridized carbons (Fsp3) is 0.769. The van der Waals surface area contributed by atoms with E-state index in [4.69, 9.17) is 9.73 Å². The van der Waals surface area contributed by atoms with Crippen LogP contribution in [-0.2, 0) is 4.74 Å². The predicted molar refractivity (Wildman–Crippen MR) is 67.9 cm³/mol. The van der Waals surface area contributed by atoms with E-state index in [1.165, 1.54) is 17.1 Å². The van der Waals surface area contributed by atoms with Crippen molar-refractivity contribution in [3.05, 3.63) is 11.3 Å². The van der Waals surface area contributed by atoms with Gasteiger partial charge in [-0.1, -0.05) is 0 Å². The number of rotatable bonds is 1. The topological polar surface area (TPSA) is 28.1 Å². The molecule has 0 aromatic heterocycles. The normalized spacial score (nSPS) is 34.3. The molecule has 2 unspecified atom stereocenters. The lowest BCUT2D eigenvalue weighted by Crippen LogP contribution is -2.37. The molecular formula is C13H21N3O. The summed E-state index contributed by atoms with van der Waals surface area (Å²) in [6, 6.07) is 0.965. The zero-order valence-corrected chi connectivity index (χ0v) is 10.9. The van der Waals surface area contributed by atoms with Crippen molar-refractivity contribution in [2.75, 3.05) is 26.4 Å². The highest BCUT2D eigenvalue weighted by Crippen LogP contribution is 2.33. The van der Waals surface area contributed by atoms with Crippen LogP contribution in [0.2, 0.25) is 0 Å². The Kier molecular flexibility index (Phi) is 2.71. The van der Waals surface area contributed by atoms with Crippen LogP contribution in [0.1, 0.15) is 27.2 Å². The summed E-state index contributed by atoms with van der Waals surface area (Å²) >= 11 is 0. The monoisotopic (exact) mass is 235 g/mol. The van der Waals surface area contributed by atoms with Crippen LogP contribution in [0.5, 0.6) is 0 Å². The summed E-state index contributed by atoms with van der Waals surface area (Å²) < 4.78 is 5.46. The van der Waals surface area contributed by atoms with Crippen molar-refractivity contribution >= 4 is 5.84 Å². The maximum Gasteiger partial charge on any atom is 0.101 e. The molecule has 0 saturated carbocycles. The van der Waals surface area contributed by atoms with Crippen LogP contribution in [0.15, 0.2) is 16.3 Å². The second kappa shape index (κ2) is 4.10. The number of amidine groups is 1. The van der Waals surface area contributed by atoms with Gasteiger partial charge in [0.05, 0.1) is 19.4 Å². The molecule has 17 heavy (non-hydrogen) atoms. The molecule has 0 N–H and O–H groups in total. The first kappa shape index (κ1) is 11.2. The van der Waals surface area contributed by atoms with E-state index < -0.39 is 0 Å². The van der Waals surface area contributed by atoms with Gasteiger partial charge in [0.2, 0.25) is 0 Å². The molecular weight excluding hydrogens is 214 g/mol. The number of ether oxygens (including phenoxy) is 1. The highest BCUT2D eigenvalue weighted by atomic mass is 16.5. The summed E-state index contributed by atoms with van der Waals surface area (Å²) in [5.74, 6) is 1.18. The van der Waals surface area contributed by atoms with E-state index in [9.17, 15) is 0 Å². The van der Waals surface area contributed by atoms with Gasteiger partial charge in [0.25, 0.3) is 0 Å². The second-order valence-electron chi connectivity index (χ2n) is 5.30. The minimum atomic E-state index is 0.356. The molecule has 0 aromatic carbocycles. The molecule has 0 aliphatic carbocycles. The zero-order valence-electron chi connectivity index (χ0n) is 10.9. The number of aliphatic imine (C=N–C) groups is 1. The number of fused-ring (bicyclic) bond motifs is 1. The minimum Gasteiger partial charge on any atom is -0.365 e. The van der Waals surface area contributed by atoms with Crippen molar-refractivity contribution < 1.29 is 4.74 Å². The van der Waals surface area contributed by atoms with Crippen molar-refractivity contribution in [2.24, 2.45) is 4.99 Å². The average molecular weight is 235 g/mol. The molecule has 3 rings (SSSR count). The predicted octanol–water partition coefficient (Wildman–Crippen LogP) is 1.44. The van der Waals surface area contributed by atoms with Crippen LogP contribution in [0.4, 0.5) is 0 Å². The molecule has 0 spiro atoms. The van der Waals surface area contributed by atoms with Gasteiger partial charge < -0.3 is 9.64 Å². The third-order valence-electron chi connectivity index (χ3n) is 4.30. The molecule has 0 aromatic rings. The van der Waals surface area contributed by atoms with E-state index >= 15 is 0 Å². The van der Waals surface area contributed by atoms with Gasteiger partial charge in [-0.15, -0.1) is 0 Å². The zero-order chi connectivity index (χ0) is 12.0. The lowest BCUT2D eigenvalue weighted by molar-refractivity contribution is 0.117. The Morgan fingerprint density at radius 3 is 2.88 bits per heavy atom. The van der Waals surface area contributed by atoms with Crippen molar-refractivity contribution in [2.45, 2.75) is 39.3 Å². The van der Waals surface area contributed by atoms with Gasteiger partial charge in [-0.05, 0) is 26.3 Å². The van der Waals surface area contributed by atoms with E-state index in [1.807, 2.05) is 0 Å². The maximum absolute atomic E-state index is 5.46. The lowest BCUT2D eigenvalue weighted by Gasteiger charge is -2.29. The third-order valence-corrected chi connectivity index (χ3v) is 4.30. The average Bonchev–Trinajstić information content (AvgIpc) is 2.94. The van der Waals surface area contributed by atoms with Crippen molar-refractivity contribution in [3.63, 3.8) is 0 Å². The van der Waals surface area contributed by atoms with E-state index in [2.05, 4.69) is 30.6 Å². The van der Waals surface area contributed by atoms with E-state index in [-0.39, 0.29) is 0 Å². The largest absolute Gasteiger partial charge is 0.365 e. The summed E-state index contributed by atoms with van der Waals surface area (Å²) in [6.07, 6.45) is 1.16. The Hall–Kier alpha value is -0.870. The van der Waals surface area contributed by atoms with Gasteiger partial charge in [-0.25, -0.2) is 0 Å². The van der Waals surface area contributed by atoms with E-state index in [1.54, 1.807) is 0 Å². The lowest BCUT2D eigenvalue weighted by atomic mass is 10.0. The Labute approximate surface area is 103 Å². The molecule has 3 heterocycles. The highest BCUT2D eigenvalue weighted by Gasteiger charge is 2.36. The smallest absolute Gasteiger partial charge is 0.101 e. The Balaban J connectivity index is 1.82. The highest BCUT2D eigenvalue weighted by molar-refractivity contribution is 5.83. The molecule has 2 fully saturated rings. The van der Waals surface area contributed by atoms with E-state index in [0.717, 1.165) is 32.8 Å². The van der Waals surface area contributed by atoms with E-state index in [0.29, 0.717) is 12.1 Å². The first-order valence-corrected chi connectivity index (χ1v) is 6.50. The second-order valence-corrected chi connectivity index (χ2v) is 5.30. The van der Waals surface area contributed by atoms with Crippen LogP contribution in [-0.4, -0.2) is 54.1 Å². The molecule has 0 bridgehead atoms.